The molecule has 1 N–H and O–H groups in total. The van der Waals surface area contributed by atoms with Crippen molar-refractivity contribution in [2.24, 2.45) is 0 Å². The summed E-state index contributed by atoms with van der Waals surface area (Å²) in [5.74, 6) is -0.143. The predicted octanol–water partition coefficient (Wildman–Crippen LogP) is 2.21. The number of amides is 2. The van der Waals surface area contributed by atoms with Gasteiger partial charge in [0.05, 0.1) is 16.3 Å². The lowest BCUT2D eigenvalue weighted by molar-refractivity contribution is -0.123. The Morgan fingerprint density at radius 2 is 1.89 bits per heavy atom. The Labute approximate surface area is 170 Å². The summed E-state index contributed by atoms with van der Waals surface area (Å²) in [5.41, 5.74) is 0.486. The van der Waals surface area contributed by atoms with E-state index in [2.05, 4.69) is 5.32 Å². The number of thioether (sulfide) groups is 1. The minimum atomic E-state index is -3.62. The van der Waals surface area contributed by atoms with Gasteiger partial charge in [0.2, 0.25) is 21.8 Å². The fraction of sp³-hybridized carbons (Fsp3) is 0.579. The molecule has 1 aromatic carbocycles. The lowest BCUT2D eigenvalue weighted by atomic mass is 10.1. The van der Waals surface area contributed by atoms with Gasteiger partial charge in [-0.2, -0.15) is 0 Å². The van der Waals surface area contributed by atoms with Crippen molar-refractivity contribution in [2.45, 2.75) is 54.4 Å². The third kappa shape index (κ3) is 4.69. The molecule has 28 heavy (non-hydrogen) atoms. The maximum Gasteiger partial charge on any atom is 0.242 e. The molecule has 0 radical (unpaired) electrons. The van der Waals surface area contributed by atoms with E-state index in [0.29, 0.717) is 5.69 Å². The number of anilines is 1. The van der Waals surface area contributed by atoms with Gasteiger partial charge < -0.3 is 10.2 Å². The van der Waals surface area contributed by atoms with Crippen LogP contribution in [0, 0.1) is 0 Å². The number of fused-ring (bicyclic) bond motifs is 1. The van der Waals surface area contributed by atoms with Crippen molar-refractivity contribution >= 4 is 39.3 Å². The minimum absolute atomic E-state index is 0.0889. The third-order valence-electron chi connectivity index (χ3n) is 5.17. The van der Waals surface area contributed by atoms with Crippen molar-refractivity contribution < 1.29 is 18.0 Å². The van der Waals surface area contributed by atoms with Gasteiger partial charge in [0.25, 0.3) is 0 Å². The van der Waals surface area contributed by atoms with Crippen LogP contribution in [0.2, 0.25) is 0 Å². The number of carbonyl (C=O) groups excluding carboxylic acids is 2. The molecule has 0 atom stereocenters. The second kappa shape index (κ2) is 8.84. The highest BCUT2D eigenvalue weighted by atomic mass is 32.2. The number of nitrogens with one attached hydrogen (secondary N) is 1. The lowest BCUT2D eigenvalue weighted by Gasteiger charge is -2.29. The number of hydrogen-bond acceptors (Lipinski definition) is 5. The molecule has 0 unspecified atom stereocenters. The van der Waals surface area contributed by atoms with E-state index in [4.69, 9.17) is 0 Å². The summed E-state index contributed by atoms with van der Waals surface area (Å²) >= 11 is 1.36. The van der Waals surface area contributed by atoms with Crippen molar-refractivity contribution in [1.82, 2.24) is 9.62 Å². The highest BCUT2D eigenvalue weighted by Gasteiger charge is 2.29. The van der Waals surface area contributed by atoms with Gasteiger partial charge in [0.15, 0.2) is 0 Å². The van der Waals surface area contributed by atoms with Crippen LogP contribution >= 0.6 is 11.8 Å². The molecule has 1 saturated carbocycles. The Morgan fingerprint density at radius 3 is 2.54 bits per heavy atom. The van der Waals surface area contributed by atoms with Crippen molar-refractivity contribution in [3.05, 3.63) is 18.2 Å². The average molecular weight is 426 g/mol. The van der Waals surface area contributed by atoms with Crippen LogP contribution in [0.1, 0.15) is 38.5 Å². The molecule has 154 valence electrons. The molecule has 1 aliphatic heterocycles. The highest BCUT2D eigenvalue weighted by molar-refractivity contribution is 8.00. The Balaban J connectivity index is 1.80. The summed E-state index contributed by atoms with van der Waals surface area (Å²) in [6, 6.07) is 4.90. The zero-order chi connectivity index (χ0) is 20.3. The van der Waals surface area contributed by atoms with Gasteiger partial charge in [-0.05, 0) is 31.0 Å². The van der Waals surface area contributed by atoms with E-state index < -0.39 is 10.0 Å². The molecule has 9 heteroatoms. The molecule has 3 rings (SSSR count). The van der Waals surface area contributed by atoms with E-state index in [1.54, 1.807) is 12.1 Å². The molecule has 1 fully saturated rings. The van der Waals surface area contributed by atoms with Crippen LogP contribution in [0.25, 0.3) is 0 Å². The normalized spacial score (nSPS) is 18.7. The summed E-state index contributed by atoms with van der Waals surface area (Å²) < 4.78 is 26.1. The Bertz CT molecular complexity index is 847. The summed E-state index contributed by atoms with van der Waals surface area (Å²) in [4.78, 5) is 27.4. The molecule has 0 saturated heterocycles. The van der Waals surface area contributed by atoms with Crippen LogP contribution in [0.3, 0.4) is 0 Å². The van der Waals surface area contributed by atoms with Gasteiger partial charge in [0, 0.05) is 25.0 Å². The third-order valence-corrected chi connectivity index (χ3v) is 8.03. The van der Waals surface area contributed by atoms with Crippen LogP contribution in [0.4, 0.5) is 5.69 Å². The smallest absolute Gasteiger partial charge is 0.242 e. The zero-order valence-corrected chi connectivity index (χ0v) is 17.9. The Kier molecular flexibility index (Phi) is 6.67. The minimum Gasteiger partial charge on any atom is -0.352 e. The number of rotatable bonds is 5. The van der Waals surface area contributed by atoms with E-state index in [1.165, 1.54) is 49.7 Å². The monoisotopic (exact) mass is 425 g/mol. The molecule has 2 amide bonds. The van der Waals surface area contributed by atoms with Gasteiger partial charge in [-0.3, -0.25) is 9.59 Å². The van der Waals surface area contributed by atoms with Crippen LogP contribution in [-0.2, 0) is 19.6 Å². The fourth-order valence-electron chi connectivity index (χ4n) is 3.57. The molecule has 0 spiro atoms. The number of hydrogen-bond donors (Lipinski definition) is 1. The second-order valence-electron chi connectivity index (χ2n) is 7.44. The van der Waals surface area contributed by atoms with Gasteiger partial charge in [-0.15, -0.1) is 11.8 Å². The summed E-state index contributed by atoms with van der Waals surface area (Å²) in [6.07, 6.45) is 6.56. The average Bonchev–Trinajstić information content (AvgIpc) is 2.92. The quantitative estimate of drug-likeness (QED) is 0.731. The lowest BCUT2D eigenvalue weighted by Crippen LogP contribution is -2.46. The summed E-state index contributed by atoms with van der Waals surface area (Å²) in [7, 11) is -0.691. The van der Waals surface area contributed by atoms with E-state index in [0.717, 1.165) is 34.9 Å². The summed E-state index contributed by atoms with van der Waals surface area (Å²) in [5, 5.41) is 3.05. The molecule has 7 nitrogen and oxygen atoms in total. The van der Waals surface area contributed by atoms with E-state index in [9.17, 15) is 18.0 Å². The van der Waals surface area contributed by atoms with E-state index in [1.807, 2.05) is 0 Å². The first kappa shape index (κ1) is 21.1. The molecular weight excluding hydrogens is 398 g/mol. The van der Waals surface area contributed by atoms with Crippen molar-refractivity contribution in [3.8, 4) is 0 Å². The maximum atomic E-state index is 12.6. The number of carbonyl (C=O) groups is 2. The predicted molar refractivity (Wildman–Crippen MR) is 110 cm³/mol. The molecule has 1 aromatic rings. The fourth-order valence-corrected chi connectivity index (χ4v) is 5.41. The van der Waals surface area contributed by atoms with Gasteiger partial charge in [-0.25, -0.2) is 12.7 Å². The molecule has 1 aliphatic carbocycles. The van der Waals surface area contributed by atoms with Gasteiger partial charge in [0.1, 0.15) is 6.54 Å². The SMILES string of the molecule is CN(C)S(=O)(=O)c1ccc2c(c1)N(CC(=O)NC1CCCCCC1)C(=O)CS2. The van der Waals surface area contributed by atoms with Crippen LogP contribution < -0.4 is 10.2 Å². The first-order valence-corrected chi connectivity index (χ1v) is 12.0. The molecular formula is C19H27N3O4S2. The summed E-state index contributed by atoms with van der Waals surface area (Å²) in [6.45, 7) is -0.0889. The number of nitrogens with zero attached hydrogens (tertiary/aromatic N) is 2. The van der Waals surface area contributed by atoms with Crippen molar-refractivity contribution in [3.63, 3.8) is 0 Å². The van der Waals surface area contributed by atoms with E-state index in [-0.39, 0.29) is 35.0 Å². The topological polar surface area (TPSA) is 86.8 Å². The Hall–Kier alpha value is -1.58. The molecule has 0 bridgehead atoms. The zero-order valence-electron chi connectivity index (χ0n) is 16.3. The first-order chi connectivity index (χ1) is 13.3. The highest BCUT2D eigenvalue weighted by Crippen LogP contribution is 2.37. The largest absolute Gasteiger partial charge is 0.352 e. The van der Waals surface area contributed by atoms with Crippen LogP contribution in [-0.4, -0.2) is 57.0 Å². The maximum absolute atomic E-state index is 12.6. The number of benzene rings is 1. The Morgan fingerprint density at radius 1 is 1.21 bits per heavy atom. The standard InChI is InChI=1S/C19H27N3O4S2/c1-21(2)28(25,26)15-9-10-17-16(11-15)22(19(24)13-27-17)12-18(23)20-14-7-5-3-4-6-8-14/h9-11,14H,3-8,12-13H2,1-2H3,(H,20,23). The van der Waals surface area contributed by atoms with Crippen LogP contribution in [0.5, 0.6) is 0 Å². The van der Waals surface area contributed by atoms with Gasteiger partial charge in [-0.1, -0.05) is 25.7 Å². The number of sulfonamides is 1. The molecule has 2 aliphatic rings. The molecule has 1 heterocycles. The van der Waals surface area contributed by atoms with Crippen molar-refractivity contribution in [1.29, 1.82) is 0 Å². The van der Waals surface area contributed by atoms with Gasteiger partial charge >= 0.3 is 0 Å². The van der Waals surface area contributed by atoms with Crippen molar-refractivity contribution in [2.75, 3.05) is 31.3 Å². The second-order valence-corrected chi connectivity index (χ2v) is 10.6. The first-order valence-electron chi connectivity index (χ1n) is 9.58. The van der Waals surface area contributed by atoms with Crippen LogP contribution in [0.15, 0.2) is 28.0 Å². The molecule has 0 aromatic heterocycles. The van der Waals surface area contributed by atoms with E-state index >= 15 is 0 Å².